The molecule has 0 aromatic carbocycles. The fourth-order valence-corrected chi connectivity index (χ4v) is 2.52. The summed E-state index contributed by atoms with van der Waals surface area (Å²) in [6, 6.07) is 0.230. The predicted molar refractivity (Wildman–Crippen MR) is 69.3 cm³/mol. The normalized spacial score (nSPS) is 17.4. The number of hydrazine groups is 1. The van der Waals surface area contributed by atoms with Crippen LogP contribution in [0.25, 0.3) is 0 Å². The third kappa shape index (κ3) is 2.79. The van der Waals surface area contributed by atoms with Gasteiger partial charge in [0.1, 0.15) is 0 Å². The molecular formula is C11H22N4S. The van der Waals surface area contributed by atoms with Crippen LogP contribution in [-0.2, 0) is 6.42 Å². The van der Waals surface area contributed by atoms with Crippen LogP contribution in [0.5, 0.6) is 0 Å². The molecule has 1 aromatic rings. The zero-order valence-electron chi connectivity index (χ0n) is 10.5. The molecule has 0 aliphatic heterocycles. The first-order valence-electron chi connectivity index (χ1n) is 5.55. The van der Waals surface area contributed by atoms with Crippen LogP contribution in [0.2, 0.25) is 0 Å². The van der Waals surface area contributed by atoms with E-state index < -0.39 is 0 Å². The molecular weight excluding hydrogens is 220 g/mol. The van der Waals surface area contributed by atoms with Crippen LogP contribution in [0.1, 0.15) is 25.1 Å². The molecule has 4 nitrogen and oxygen atoms in total. The van der Waals surface area contributed by atoms with Crippen LogP contribution >= 0.6 is 11.3 Å². The highest BCUT2D eigenvalue weighted by Crippen LogP contribution is 2.24. The number of likely N-dealkylation sites (N-methyl/N-ethyl adjacent to an activating group) is 1. The Morgan fingerprint density at radius 2 is 2.31 bits per heavy atom. The molecule has 0 fully saturated rings. The van der Waals surface area contributed by atoms with Crippen molar-refractivity contribution in [1.82, 2.24) is 15.3 Å². The SMILES string of the molecule is CCC(C)(C(Cc1cncs1)NN)N(C)C. The van der Waals surface area contributed by atoms with Crippen molar-refractivity contribution in [2.75, 3.05) is 14.1 Å². The average Bonchev–Trinajstić information content (AvgIpc) is 2.77. The van der Waals surface area contributed by atoms with Crippen LogP contribution in [0.15, 0.2) is 11.7 Å². The summed E-state index contributed by atoms with van der Waals surface area (Å²) < 4.78 is 0. The van der Waals surface area contributed by atoms with Gasteiger partial charge in [0, 0.05) is 29.1 Å². The summed E-state index contributed by atoms with van der Waals surface area (Å²) >= 11 is 1.68. The molecule has 2 atom stereocenters. The monoisotopic (exact) mass is 242 g/mol. The van der Waals surface area contributed by atoms with E-state index >= 15 is 0 Å². The fraction of sp³-hybridized carbons (Fsp3) is 0.727. The minimum atomic E-state index is 0.0543. The van der Waals surface area contributed by atoms with Gasteiger partial charge < -0.3 is 4.90 Å². The number of nitrogens with one attached hydrogen (secondary N) is 1. The minimum absolute atomic E-state index is 0.0543. The summed E-state index contributed by atoms with van der Waals surface area (Å²) in [4.78, 5) is 7.60. The Hall–Kier alpha value is -0.490. The van der Waals surface area contributed by atoms with Crippen molar-refractivity contribution in [2.24, 2.45) is 5.84 Å². The van der Waals surface area contributed by atoms with Crippen molar-refractivity contribution < 1.29 is 0 Å². The van der Waals surface area contributed by atoms with E-state index in [1.807, 2.05) is 11.7 Å². The van der Waals surface area contributed by atoms with Crippen molar-refractivity contribution >= 4 is 11.3 Å². The van der Waals surface area contributed by atoms with Gasteiger partial charge >= 0.3 is 0 Å². The van der Waals surface area contributed by atoms with E-state index in [9.17, 15) is 0 Å². The molecule has 0 saturated carbocycles. The van der Waals surface area contributed by atoms with Gasteiger partial charge in [0.15, 0.2) is 0 Å². The lowest BCUT2D eigenvalue weighted by Crippen LogP contribution is -2.59. The molecule has 0 saturated heterocycles. The third-order valence-electron chi connectivity index (χ3n) is 3.58. The number of hydrogen-bond acceptors (Lipinski definition) is 5. The van der Waals surface area contributed by atoms with Gasteiger partial charge in [-0.25, -0.2) is 0 Å². The van der Waals surface area contributed by atoms with Gasteiger partial charge in [0.2, 0.25) is 0 Å². The molecule has 0 bridgehead atoms. The molecule has 0 aliphatic carbocycles. The Labute approximate surface area is 102 Å². The summed E-state index contributed by atoms with van der Waals surface area (Å²) in [5.74, 6) is 5.70. The number of rotatable bonds is 6. The van der Waals surface area contributed by atoms with E-state index in [0.29, 0.717) is 0 Å². The van der Waals surface area contributed by atoms with E-state index in [0.717, 1.165) is 12.8 Å². The Bertz CT molecular complexity index is 299. The lowest BCUT2D eigenvalue weighted by Gasteiger charge is -2.42. The molecule has 0 spiro atoms. The highest BCUT2D eigenvalue weighted by Gasteiger charge is 2.34. The Morgan fingerprint density at radius 1 is 1.62 bits per heavy atom. The van der Waals surface area contributed by atoms with Gasteiger partial charge in [-0.3, -0.25) is 16.3 Å². The van der Waals surface area contributed by atoms with Crippen molar-refractivity contribution in [3.63, 3.8) is 0 Å². The molecule has 1 rings (SSSR count). The van der Waals surface area contributed by atoms with E-state index in [1.54, 1.807) is 11.3 Å². The first-order valence-corrected chi connectivity index (χ1v) is 6.43. The largest absolute Gasteiger partial charge is 0.302 e. The molecule has 3 N–H and O–H groups in total. The summed E-state index contributed by atoms with van der Waals surface area (Å²) in [6.45, 7) is 4.43. The van der Waals surface area contributed by atoms with Crippen molar-refractivity contribution in [3.05, 3.63) is 16.6 Å². The van der Waals surface area contributed by atoms with Crippen molar-refractivity contribution in [3.8, 4) is 0 Å². The predicted octanol–water partition coefficient (Wildman–Crippen LogP) is 1.25. The lowest BCUT2D eigenvalue weighted by atomic mass is 9.86. The number of nitrogens with two attached hydrogens (primary N) is 1. The average molecular weight is 242 g/mol. The second kappa shape index (κ2) is 5.72. The highest BCUT2D eigenvalue weighted by molar-refractivity contribution is 7.09. The lowest BCUT2D eigenvalue weighted by molar-refractivity contribution is 0.113. The standard InChI is InChI=1S/C11H22N4S/c1-5-11(2,15(3)4)10(14-12)6-9-7-13-8-16-9/h7-8,10,14H,5-6,12H2,1-4H3. The maximum atomic E-state index is 5.70. The summed E-state index contributed by atoms with van der Waals surface area (Å²) in [5.41, 5.74) is 4.87. The topological polar surface area (TPSA) is 54.2 Å². The summed E-state index contributed by atoms with van der Waals surface area (Å²) in [6.07, 6.45) is 3.89. The number of thiazole rings is 1. The minimum Gasteiger partial charge on any atom is -0.302 e. The molecule has 1 heterocycles. The molecule has 0 radical (unpaired) electrons. The van der Waals surface area contributed by atoms with Gasteiger partial charge in [0.25, 0.3) is 0 Å². The van der Waals surface area contributed by atoms with Crippen LogP contribution in [0.3, 0.4) is 0 Å². The van der Waals surface area contributed by atoms with Crippen LogP contribution in [0, 0.1) is 0 Å². The van der Waals surface area contributed by atoms with Gasteiger partial charge in [-0.05, 0) is 27.4 Å². The molecule has 1 aromatic heterocycles. The zero-order valence-corrected chi connectivity index (χ0v) is 11.3. The molecule has 2 unspecified atom stereocenters. The van der Waals surface area contributed by atoms with Gasteiger partial charge in [0.05, 0.1) is 5.51 Å². The second-order valence-electron chi connectivity index (χ2n) is 4.50. The van der Waals surface area contributed by atoms with Gasteiger partial charge in [-0.15, -0.1) is 11.3 Å². The smallest absolute Gasteiger partial charge is 0.0794 e. The molecule has 0 aliphatic rings. The van der Waals surface area contributed by atoms with E-state index in [-0.39, 0.29) is 11.6 Å². The molecule has 92 valence electrons. The van der Waals surface area contributed by atoms with Crippen molar-refractivity contribution in [1.29, 1.82) is 0 Å². The Balaban J connectivity index is 2.79. The van der Waals surface area contributed by atoms with Crippen LogP contribution in [0.4, 0.5) is 0 Å². The first-order chi connectivity index (χ1) is 7.54. The third-order valence-corrected chi connectivity index (χ3v) is 4.38. The zero-order chi connectivity index (χ0) is 12.2. The van der Waals surface area contributed by atoms with Gasteiger partial charge in [-0.2, -0.15) is 0 Å². The number of aromatic nitrogens is 1. The van der Waals surface area contributed by atoms with E-state index in [1.165, 1.54) is 4.88 Å². The Kier molecular flexibility index (Phi) is 4.86. The second-order valence-corrected chi connectivity index (χ2v) is 5.47. The quantitative estimate of drug-likeness (QED) is 0.582. The van der Waals surface area contributed by atoms with E-state index in [2.05, 4.69) is 43.3 Å². The van der Waals surface area contributed by atoms with E-state index in [4.69, 9.17) is 5.84 Å². The fourth-order valence-electron chi connectivity index (χ4n) is 1.88. The Morgan fingerprint density at radius 3 is 2.69 bits per heavy atom. The van der Waals surface area contributed by atoms with Crippen molar-refractivity contribution in [2.45, 2.75) is 38.3 Å². The van der Waals surface area contributed by atoms with Crippen LogP contribution in [-0.4, -0.2) is 35.6 Å². The molecule has 5 heteroatoms. The number of nitrogens with zero attached hydrogens (tertiary/aromatic N) is 2. The maximum absolute atomic E-state index is 5.70. The van der Waals surface area contributed by atoms with Crippen LogP contribution < -0.4 is 11.3 Å². The number of hydrogen-bond donors (Lipinski definition) is 2. The van der Waals surface area contributed by atoms with Gasteiger partial charge in [-0.1, -0.05) is 6.92 Å². The first kappa shape index (κ1) is 13.6. The summed E-state index contributed by atoms with van der Waals surface area (Å²) in [5, 5.41) is 0. The highest BCUT2D eigenvalue weighted by atomic mass is 32.1. The molecule has 0 amide bonds. The maximum Gasteiger partial charge on any atom is 0.0794 e. The summed E-state index contributed by atoms with van der Waals surface area (Å²) in [7, 11) is 4.20. The molecule has 16 heavy (non-hydrogen) atoms.